The minimum Gasteiger partial charge on any atom is -0.504 e. The van der Waals surface area contributed by atoms with E-state index >= 15 is 0 Å². The number of carbonyl (C=O) groups is 3. The molecule has 0 spiro atoms. The van der Waals surface area contributed by atoms with Crippen LogP contribution < -0.4 is 0 Å². The molecule has 8 N–H and O–H groups in total. The van der Waals surface area contributed by atoms with Gasteiger partial charge in [-0.1, -0.05) is 12.1 Å². The molecule has 0 saturated carbocycles. The van der Waals surface area contributed by atoms with Crippen molar-refractivity contribution in [2.75, 3.05) is 0 Å². The number of carboxylic acid groups (broad SMARTS) is 2. The van der Waals surface area contributed by atoms with Crippen LogP contribution in [0.5, 0.6) is 11.5 Å². The molecule has 0 heterocycles. The zero-order valence-electron chi connectivity index (χ0n) is 12.9. The monoisotopic (exact) mass is 372 g/mol. The lowest BCUT2D eigenvalue weighted by Gasteiger charge is -2.30. The highest BCUT2D eigenvalue weighted by atomic mass is 16.4. The SMILES string of the molecule is O=C(O)[C@@H](O)[C@@H](O)[C@H](O)[C@@](O)(C(=O)O)C(=O)/C=C/c1ccc(O)c(O)c1. The standard InChI is InChI=1S/C15H16O11/c16-7-3-1-6(5-8(7)17)2-4-9(18)15(26,14(24)25)12(21)10(19)11(20)13(22)23/h1-5,10-12,16-17,19-21,26H,(H,22,23)(H,24,25)/b4-2+/t10-,11+,12+,15-/m1/s1. The molecule has 142 valence electrons. The number of hydrogen-bond acceptors (Lipinski definition) is 9. The van der Waals surface area contributed by atoms with Crippen molar-refractivity contribution in [3.05, 3.63) is 29.8 Å². The molecular weight excluding hydrogens is 356 g/mol. The lowest BCUT2D eigenvalue weighted by Crippen LogP contribution is -2.62. The summed E-state index contributed by atoms with van der Waals surface area (Å²) in [4.78, 5) is 33.9. The number of aliphatic hydroxyl groups excluding tert-OH is 3. The largest absolute Gasteiger partial charge is 0.504 e. The van der Waals surface area contributed by atoms with Crippen molar-refractivity contribution >= 4 is 23.8 Å². The Balaban J connectivity index is 3.15. The third kappa shape index (κ3) is 4.15. The summed E-state index contributed by atoms with van der Waals surface area (Å²) in [5.74, 6) is -6.98. The molecule has 0 fully saturated rings. The third-order valence-corrected chi connectivity index (χ3v) is 3.46. The molecule has 0 aliphatic carbocycles. The zero-order chi connectivity index (χ0) is 20.2. The van der Waals surface area contributed by atoms with Crippen molar-refractivity contribution in [1.29, 1.82) is 0 Å². The van der Waals surface area contributed by atoms with Crippen LogP contribution >= 0.6 is 0 Å². The van der Waals surface area contributed by atoms with Gasteiger partial charge in [0.05, 0.1) is 0 Å². The topological polar surface area (TPSA) is 213 Å². The van der Waals surface area contributed by atoms with E-state index in [1.807, 2.05) is 0 Å². The Labute approximate surface area is 145 Å². The number of hydrogen-bond donors (Lipinski definition) is 8. The molecule has 0 aliphatic rings. The van der Waals surface area contributed by atoms with E-state index in [1.54, 1.807) is 0 Å². The Morgan fingerprint density at radius 3 is 2.04 bits per heavy atom. The van der Waals surface area contributed by atoms with E-state index in [1.165, 1.54) is 6.07 Å². The number of aliphatic carboxylic acids is 2. The highest BCUT2D eigenvalue weighted by Gasteiger charge is 2.54. The summed E-state index contributed by atoms with van der Waals surface area (Å²) < 4.78 is 0. The molecule has 1 rings (SSSR count). The normalized spacial score (nSPS) is 17.2. The van der Waals surface area contributed by atoms with Crippen molar-refractivity contribution in [2.24, 2.45) is 0 Å². The van der Waals surface area contributed by atoms with Gasteiger partial charge in [-0.3, -0.25) is 4.79 Å². The van der Waals surface area contributed by atoms with Gasteiger partial charge in [0.2, 0.25) is 5.78 Å². The van der Waals surface area contributed by atoms with Crippen LogP contribution in [-0.2, 0) is 14.4 Å². The molecule has 0 amide bonds. The molecule has 0 unspecified atom stereocenters. The van der Waals surface area contributed by atoms with E-state index in [2.05, 4.69) is 0 Å². The molecule has 1 aromatic carbocycles. The first-order chi connectivity index (χ1) is 11.9. The van der Waals surface area contributed by atoms with Gasteiger partial charge in [0, 0.05) is 0 Å². The molecule has 11 nitrogen and oxygen atoms in total. The van der Waals surface area contributed by atoms with Crippen LogP contribution in [0.15, 0.2) is 24.3 Å². The number of ketones is 1. The second kappa shape index (κ2) is 7.93. The van der Waals surface area contributed by atoms with Gasteiger partial charge < -0.3 is 40.9 Å². The number of aromatic hydroxyl groups is 2. The Kier molecular flexibility index (Phi) is 6.42. The number of aliphatic hydroxyl groups is 4. The number of phenolic OH excluding ortho intramolecular Hbond substituents is 2. The molecule has 0 bridgehead atoms. The summed E-state index contributed by atoms with van der Waals surface area (Å²) >= 11 is 0. The zero-order valence-corrected chi connectivity index (χ0v) is 12.9. The summed E-state index contributed by atoms with van der Waals surface area (Å²) in [7, 11) is 0. The Morgan fingerprint density at radius 1 is 1.00 bits per heavy atom. The van der Waals surface area contributed by atoms with Crippen LogP contribution in [0.4, 0.5) is 0 Å². The maximum Gasteiger partial charge on any atom is 0.346 e. The number of carbonyl (C=O) groups excluding carboxylic acids is 1. The number of rotatable bonds is 8. The van der Waals surface area contributed by atoms with Gasteiger partial charge in [0.25, 0.3) is 5.60 Å². The predicted molar refractivity (Wildman–Crippen MR) is 82.1 cm³/mol. The van der Waals surface area contributed by atoms with Gasteiger partial charge >= 0.3 is 11.9 Å². The van der Waals surface area contributed by atoms with E-state index in [0.717, 1.165) is 18.2 Å². The number of benzene rings is 1. The summed E-state index contributed by atoms with van der Waals surface area (Å²) in [6.45, 7) is 0. The van der Waals surface area contributed by atoms with Gasteiger partial charge in [-0.15, -0.1) is 0 Å². The van der Waals surface area contributed by atoms with E-state index in [9.17, 15) is 34.8 Å². The average molecular weight is 372 g/mol. The quantitative estimate of drug-likeness (QED) is 0.137. The molecule has 0 aromatic heterocycles. The minimum absolute atomic E-state index is 0.0991. The Bertz CT molecular complexity index is 741. The van der Waals surface area contributed by atoms with Crippen molar-refractivity contribution < 1.29 is 55.2 Å². The van der Waals surface area contributed by atoms with Gasteiger partial charge in [-0.05, 0) is 23.8 Å². The van der Waals surface area contributed by atoms with Crippen LogP contribution in [0.1, 0.15) is 5.56 Å². The molecule has 4 atom stereocenters. The maximum absolute atomic E-state index is 12.0. The first kappa shape index (κ1) is 21.1. The van der Waals surface area contributed by atoms with E-state index in [0.29, 0.717) is 6.08 Å². The molecule has 0 radical (unpaired) electrons. The second-order valence-electron chi connectivity index (χ2n) is 5.24. The minimum atomic E-state index is -3.66. The highest BCUT2D eigenvalue weighted by molar-refractivity contribution is 6.13. The molecular formula is C15H16O11. The van der Waals surface area contributed by atoms with Crippen molar-refractivity contribution in [3.8, 4) is 11.5 Å². The molecule has 26 heavy (non-hydrogen) atoms. The Morgan fingerprint density at radius 2 is 1.58 bits per heavy atom. The third-order valence-electron chi connectivity index (χ3n) is 3.46. The van der Waals surface area contributed by atoms with Crippen molar-refractivity contribution in [3.63, 3.8) is 0 Å². The number of phenols is 2. The summed E-state index contributed by atoms with van der Waals surface area (Å²) in [6, 6.07) is 3.28. The maximum atomic E-state index is 12.0. The first-order valence-corrected chi connectivity index (χ1v) is 6.90. The number of carboxylic acids is 2. The van der Waals surface area contributed by atoms with Gasteiger partial charge in [0.15, 0.2) is 17.6 Å². The smallest absolute Gasteiger partial charge is 0.346 e. The fraction of sp³-hybridized carbons (Fsp3) is 0.267. The first-order valence-electron chi connectivity index (χ1n) is 6.90. The van der Waals surface area contributed by atoms with Crippen molar-refractivity contribution in [2.45, 2.75) is 23.9 Å². The lowest BCUT2D eigenvalue weighted by atomic mass is 9.86. The fourth-order valence-corrected chi connectivity index (χ4v) is 1.89. The van der Waals surface area contributed by atoms with Crippen LogP contribution in [0, 0.1) is 0 Å². The lowest BCUT2D eigenvalue weighted by molar-refractivity contribution is -0.194. The highest BCUT2D eigenvalue weighted by Crippen LogP contribution is 2.26. The summed E-state index contributed by atoms with van der Waals surface area (Å²) in [5, 5.41) is 74.5. The summed E-state index contributed by atoms with van der Waals surface area (Å²) in [5.41, 5.74) is -3.56. The van der Waals surface area contributed by atoms with Crippen LogP contribution in [0.25, 0.3) is 6.08 Å². The van der Waals surface area contributed by atoms with Gasteiger partial charge in [0.1, 0.15) is 12.2 Å². The average Bonchev–Trinajstić information content (AvgIpc) is 2.59. The van der Waals surface area contributed by atoms with E-state index < -0.39 is 53.1 Å². The summed E-state index contributed by atoms with van der Waals surface area (Å²) in [6.07, 6.45) is -6.83. The van der Waals surface area contributed by atoms with Gasteiger partial charge in [-0.25, -0.2) is 9.59 Å². The second-order valence-corrected chi connectivity index (χ2v) is 5.24. The predicted octanol–water partition coefficient (Wildman–Crippen LogP) is -2.34. The van der Waals surface area contributed by atoms with Crippen molar-refractivity contribution in [1.82, 2.24) is 0 Å². The Hall–Kier alpha value is -2.99. The van der Waals surface area contributed by atoms with Crippen LogP contribution in [0.3, 0.4) is 0 Å². The van der Waals surface area contributed by atoms with Crippen LogP contribution in [0.2, 0.25) is 0 Å². The van der Waals surface area contributed by atoms with Crippen LogP contribution in [-0.4, -0.2) is 82.5 Å². The molecule has 11 heteroatoms. The molecule has 0 aliphatic heterocycles. The molecule has 0 saturated heterocycles. The molecule has 1 aromatic rings. The fourth-order valence-electron chi connectivity index (χ4n) is 1.89. The van der Waals surface area contributed by atoms with E-state index in [-0.39, 0.29) is 5.56 Å². The van der Waals surface area contributed by atoms with Gasteiger partial charge in [-0.2, -0.15) is 0 Å². The van der Waals surface area contributed by atoms with E-state index in [4.69, 9.17) is 20.4 Å².